The SMILES string of the molecule is CC1=CC=CC(C)C=C1C(=N)C(=N)N. The Morgan fingerprint density at radius 1 is 1.43 bits per heavy atom. The van der Waals surface area contributed by atoms with E-state index in [1.807, 2.05) is 38.2 Å². The van der Waals surface area contributed by atoms with E-state index in [2.05, 4.69) is 0 Å². The van der Waals surface area contributed by atoms with Gasteiger partial charge in [0.15, 0.2) is 0 Å². The van der Waals surface area contributed by atoms with Crippen molar-refractivity contribution in [3.8, 4) is 0 Å². The van der Waals surface area contributed by atoms with Crippen LogP contribution in [0.5, 0.6) is 0 Å². The van der Waals surface area contributed by atoms with E-state index in [9.17, 15) is 0 Å². The number of allylic oxidation sites excluding steroid dienone is 5. The predicted molar refractivity (Wildman–Crippen MR) is 59.8 cm³/mol. The lowest BCUT2D eigenvalue weighted by Gasteiger charge is -2.08. The molecule has 0 bridgehead atoms. The highest BCUT2D eigenvalue weighted by Gasteiger charge is 2.12. The smallest absolute Gasteiger partial charge is 0.141 e. The Hall–Kier alpha value is -1.64. The van der Waals surface area contributed by atoms with Crippen molar-refractivity contribution in [2.24, 2.45) is 11.7 Å². The normalized spacial score (nSPS) is 20.9. The molecule has 14 heavy (non-hydrogen) atoms. The van der Waals surface area contributed by atoms with Gasteiger partial charge in [-0.25, -0.2) is 0 Å². The Balaban J connectivity index is 3.08. The molecule has 0 radical (unpaired) electrons. The zero-order chi connectivity index (χ0) is 10.7. The van der Waals surface area contributed by atoms with E-state index >= 15 is 0 Å². The van der Waals surface area contributed by atoms with Crippen molar-refractivity contribution < 1.29 is 0 Å². The molecule has 1 aliphatic rings. The Morgan fingerprint density at radius 3 is 2.64 bits per heavy atom. The molecule has 0 aromatic rings. The maximum Gasteiger partial charge on any atom is 0.141 e. The van der Waals surface area contributed by atoms with Gasteiger partial charge in [-0.1, -0.05) is 31.2 Å². The van der Waals surface area contributed by atoms with Crippen molar-refractivity contribution in [3.63, 3.8) is 0 Å². The maximum atomic E-state index is 7.67. The number of nitrogens with two attached hydrogens (primary N) is 1. The summed E-state index contributed by atoms with van der Waals surface area (Å²) in [5.41, 5.74) is 7.14. The highest BCUT2D eigenvalue weighted by atomic mass is 14.7. The van der Waals surface area contributed by atoms with Crippen molar-refractivity contribution in [1.82, 2.24) is 0 Å². The lowest BCUT2D eigenvalue weighted by atomic mass is 9.99. The molecule has 0 aromatic heterocycles. The van der Waals surface area contributed by atoms with Crippen molar-refractivity contribution in [1.29, 1.82) is 10.8 Å². The Labute approximate surface area is 84.0 Å². The molecule has 1 rings (SSSR count). The molecule has 0 saturated carbocycles. The molecule has 3 nitrogen and oxygen atoms in total. The van der Waals surface area contributed by atoms with E-state index in [0.717, 1.165) is 11.1 Å². The van der Waals surface area contributed by atoms with E-state index < -0.39 is 0 Å². The summed E-state index contributed by atoms with van der Waals surface area (Å²) in [4.78, 5) is 0. The van der Waals surface area contributed by atoms with Crippen LogP contribution in [0.2, 0.25) is 0 Å². The Bertz CT molecular complexity index is 359. The third-order valence-corrected chi connectivity index (χ3v) is 2.15. The minimum Gasteiger partial charge on any atom is -0.382 e. The van der Waals surface area contributed by atoms with Crippen LogP contribution < -0.4 is 5.73 Å². The number of hydrogen-bond donors (Lipinski definition) is 3. The first kappa shape index (κ1) is 10.4. The summed E-state index contributed by atoms with van der Waals surface area (Å²) in [7, 11) is 0. The average Bonchev–Trinajstić information content (AvgIpc) is 2.27. The summed E-state index contributed by atoms with van der Waals surface area (Å²) >= 11 is 0. The molecule has 0 saturated heterocycles. The first-order valence-corrected chi connectivity index (χ1v) is 4.53. The summed E-state index contributed by atoms with van der Waals surface area (Å²) in [6, 6.07) is 0. The van der Waals surface area contributed by atoms with Gasteiger partial charge in [-0.2, -0.15) is 0 Å². The highest BCUT2D eigenvalue weighted by Crippen LogP contribution is 2.18. The van der Waals surface area contributed by atoms with Crippen LogP contribution in [0, 0.1) is 16.7 Å². The molecule has 1 unspecified atom stereocenters. The summed E-state index contributed by atoms with van der Waals surface area (Å²) < 4.78 is 0. The molecule has 0 fully saturated rings. The number of hydrogen-bond acceptors (Lipinski definition) is 2. The van der Waals surface area contributed by atoms with E-state index in [0.29, 0.717) is 0 Å². The molecule has 0 heterocycles. The van der Waals surface area contributed by atoms with Gasteiger partial charge in [-0.05, 0) is 18.4 Å². The summed E-state index contributed by atoms with van der Waals surface area (Å²) in [6.07, 6.45) is 7.91. The van der Waals surface area contributed by atoms with Crippen LogP contribution >= 0.6 is 0 Å². The number of nitrogens with one attached hydrogen (secondary N) is 2. The average molecular weight is 189 g/mol. The van der Waals surface area contributed by atoms with Crippen LogP contribution in [0.25, 0.3) is 0 Å². The third kappa shape index (κ3) is 2.19. The molecule has 0 spiro atoms. The number of amidine groups is 1. The standard InChI is InChI=1S/C11H15N3/c1-7-4-3-5-8(2)9(6-7)10(12)11(13)14/h3-7,12H,1-2H3,(H3,13,14). The third-order valence-electron chi connectivity index (χ3n) is 2.15. The van der Waals surface area contributed by atoms with Gasteiger partial charge >= 0.3 is 0 Å². The highest BCUT2D eigenvalue weighted by molar-refractivity contribution is 6.45. The molecule has 0 aliphatic heterocycles. The fourth-order valence-corrected chi connectivity index (χ4v) is 1.34. The van der Waals surface area contributed by atoms with Crippen molar-refractivity contribution in [2.45, 2.75) is 13.8 Å². The second kappa shape index (κ2) is 4.05. The maximum absolute atomic E-state index is 7.67. The van der Waals surface area contributed by atoms with Gasteiger partial charge in [0, 0.05) is 5.57 Å². The Kier molecular flexibility index (Phi) is 3.02. The molecular formula is C11H15N3. The van der Waals surface area contributed by atoms with Crippen LogP contribution in [0.1, 0.15) is 13.8 Å². The molecule has 1 atom stereocenters. The molecule has 1 aliphatic carbocycles. The summed E-state index contributed by atoms with van der Waals surface area (Å²) in [6.45, 7) is 3.96. The van der Waals surface area contributed by atoms with Gasteiger partial charge in [0.05, 0.1) is 0 Å². The monoisotopic (exact) mass is 189 g/mol. The topological polar surface area (TPSA) is 73.7 Å². The first-order valence-electron chi connectivity index (χ1n) is 4.53. The Morgan fingerprint density at radius 2 is 2.07 bits per heavy atom. The second-order valence-electron chi connectivity index (χ2n) is 3.46. The van der Waals surface area contributed by atoms with E-state index in [4.69, 9.17) is 16.6 Å². The van der Waals surface area contributed by atoms with E-state index in [-0.39, 0.29) is 17.5 Å². The van der Waals surface area contributed by atoms with Crippen LogP contribution in [0.3, 0.4) is 0 Å². The molecule has 0 amide bonds. The molecule has 0 aromatic carbocycles. The zero-order valence-corrected chi connectivity index (χ0v) is 8.46. The van der Waals surface area contributed by atoms with Crippen LogP contribution in [0.4, 0.5) is 0 Å². The van der Waals surface area contributed by atoms with Gasteiger partial charge in [0.25, 0.3) is 0 Å². The zero-order valence-electron chi connectivity index (χ0n) is 8.46. The molecule has 4 N–H and O–H groups in total. The van der Waals surface area contributed by atoms with Gasteiger partial charge in [-0.3, -0.25) is 10.8 Å². The quantitative estimate of drug-likeness (QED) is 0.451. The number of rotatable bonds is 2. The lowest BCUT2D eigenvalue weighted by Crippen LogP contribution is -2.24. The molecule has 3 heteroatoms. The fourth-order valence-electron chi connectivity index (χ4n) is 1.34. The fraction of sp³-hybridized carbons (Fsp3) is 0.273. The minimum absolute atomic E-state index is 0.106. The lowest BCUT2D eigenvalue weighted by molar-refractivity contribution is 0.937. The van der Waals surface area contributed by atoms with Crippen molar-refractivity contribution in [2.75, 3.05) is 0 Å². The molecule has 74 valence electrons. The second-order valence-corrected chi connectivity index (χ2v) is 3.46. The molecular weight excluding hydrogens is 174 g/mol. The largest absolute Gasteiger partial charge is 0.382 e. The minimum atomic E-state index is -0.182. The predicted octanol–water partition coefficient (Wildman–Crippen LogP) is 2.02. The van der Waals surface area contributed by atoms with Crippen LogP contribution in [-0.4, -0.2) is 11.5 Å². The summed E-state index contributed by atoms with van der Waals surface area (Å²) in [5.74, 6) is 0.0940. The first-order chi connectivity index (χ1) is 6.52. The van der Waals surface area contributed by atoms with Gasteiger partial charge in [0.1, 0.15) is 11.5 Å². The van der Waals surface area contributed by atoms with Gasteiger partial charge in [0.2, 0.25) is 0 Å². The van der Waals surface area contributed by atoms with Crippen molar-refractivity contribution in [3.05, 3.63) is 35.5 Å². The summed E-state index contributed by atoms with van der Waals surface area (Å²) in [5, 5.41) is 14.9. The van der Waals surface area contributed by atoms with E-state index in [1.54, 1.807) is 0 Å². The van der Waals surface area contributed by atoms with Gasteiger partial charge in [-0.15, -0.1) is 0 Å². The van der Waals surface area contributed by atoms with Crippen molar-refractivity contribution >= 4 is 11.5 Å². The van der Waals surface area contributed by atoms with Gasteiger partial charge < -0.3 is 5.73 Å². The van der Waals surface area contributed by atoms with Crippen LogP contribution in [-0.2, 0) is 0 Å². The van der Waals surface area contributed by atoms with E-state index in [1.165, 1.54) is 0 Å². The van der Waals surface area contributed by atoms with Crippen LogP contribution in [0.15, 0.2) is 35.5 Å².